The number of likely N-dealkylation sites (tertiary alicyclic amines) is 1. The monoisotopic (exact) mass is 210 g/mol. The van der Waals surface area contributed by atoms with Crippen LogP contribution >= 0.6 is 0 Å². The van der Waals surface area contributed by atoms with Gasteiger partial charge < -0.3 is 4.74 Å². The molecule has 2 heterocycles. The molecule has 3 nitrogen and oxygen atoms in total. The minimum atomic E-state index is -0.428. The van der Waals surface area contributed by atoms with Gasteiger partial charge in [-0.25, -0.2) is 4.98 Å². The van der Waals surface area contributed by atoms with Gasteiger partial charge in [0.25, 0.3) is 0 Å². The molecule has 1 aliphatic rings. The van der Waals surface area contributed by atoms with Gasteiger partial charge in [-0.15, -0.1) is 0 Å². The molecule has 0 spiro atoms. The molecular formula is C11H15FN2O. The van der Waals surface area contributed by atoms with Crippen molar-refractivity contribution in [3.8, 4) is 5.75 Å². The van der Waals surface area contributed by atoms with Gasteiger partial charge in [0.1, 0.15) is 12.4 Å². The van der Waals surface area contributed by atoms with Gasteiger partial charge in [-0.05, 0) is 33.0 Å². The van der Waals surface area contributed by atoms with Gasteiger partial charge in [0, 0.05) is 11.6 Å². The molecule has 0 aliphatic carbocycles. The fourth-order valence-electron chi connectivity index (χ4n) is 1.58. The highest BCUT2D eigenvalue weighted by Gasteiger charge is 2.24. The van der Waals surface area contributed by atoms with Crippen LogP contribution in [-0.2, 0) is 0 Å². The Kier molecular flexibility index (Phi) is 2.86. The molecule has 0 amide bonds. The summed E-state index contributed by atoms with van der Waals surface area (Å²) < 4.78 is 18.4. The maximum Gasteiger partial charge on any atom is 0.215 e. The van der Waals surface area contributed by atoms with Gasteiger partial charge in [-0.2, -0.15) is 4.39 Å². The molecule has 0 saturated carbocycles. The summed E-state index contributed by atoms with van der Waals surface area (Å²) >= 11 is 0. The van der Waals surface area contributed by atoms with Crippen molar-refractivity contribution in [3.05, 3.63) is 23.8 Å². The summed E-state index contributed by atoms with van der Waals surface area (Å²) in [5.74, 6) is 0.220. The fraction of sp³-hybridized carbons (Fsp3) is 0.545. The molecule has 0 unspecified atom stereocenters. The Labute approximate surface area is 88.9 Å². The molecule has 2 rings (SSSR count). The Morgan fingerprint density at radius 3 is 3.00 bits per heavy atom. The predicted octanol–water partition coefficient (Wildman–Crippen LogP) is 1.61. The van der Waals surface area contributed by atoms with Gasteiger partial charge in [0.15, 0.2) is 0 Å². The van der Waals surface area contributed by atoms with Crippen molar-refractivity contribution in [2.75, 3.05) is 20.2 Å². The van der Waals surface area contributed by atoms with Crippen molar-refractivity contribution in [1.82, 2.24) is 9.88 Å². The Balaban J connectivity index is 1.90. The Hall–Kier alpha value is -1.16. The Morgan fingerprint density at radius 1 is 1.67 bits per heavy atom. The lowest BCUT2D eigenvalue weighted by atomic mass is 10.1. The first-order valence-corrected chi connectivity index (χ1v) is 5.12. The van der Waals surface area contributed by atoms with E-state index in [1.165, 1.54) is 12.6 Å². The largest absolute Gasteiger partial charge is 0.490 e. The van der Waals surface area contributed by atoms with E-state index in [0.29, 0.717) is 24.0 Å². The van der Waals surface area contributed by atoms with E-state index in [1.54, 1.807) is 13.0 Å². The van der Waals surface area contributed by atoms with E-state index < -0.39 is 5.95 Å². The van der Waals surface area contributed by atoms with E-state index in [2.05, 4.69) is 16.9 Å². The maximum atomic E-state index is 12.9. The number of hydrogen-bond acceptors (Lipinski definition) is 3. The van der Waals surface area contributed by atoms with Crippen LogP contribution in [0.5, 0.6) is 5.75 Å². The predicted molar refractivity (Wildman–Crippen MR) is 55.5 cm³/mol. The smallest absolute Gasteiger partial charge is 0.215 e. The number of nitrogens with zero attached hydrogens (tertiary/aromatic N) is 2. The lowest BCUT2D eigenvalue weighted by Crippen LogP contribution is -2.48. The molecule has 1 atom stereocenters. The molecule has 1 aromatic rings. The van der Waals surface area contributed by atoms with Crippen molar-refractivity contribution in [2.45, 2.75) is 19.4 Å². The summed E-state index contributed by atoms with van der Waals surface area (Å²) in [7, 11) is 2.08. The van der Waals surface area contributed by atoms with Crippen LogP contribution in [0.2, 0.25) is 0 Å². The summed E-state index contributed by atoms with van der Waals surface area (Å²) in [5, 5.41) is 0. The molecule has 1 saturated heterocycles. The summed E-state index contributed by atoms with van der Waals surface area (Å²) in [6.45, 7) is 3.47. The van der Waals surface area contributed by atoms with Gasteiger partial charge >= 0.3 is 0 Å². The van der Waals surface area contributed by atoms with Crippen LogP contribution in [0.4, 0.5) is 4.39 Å². The van der Waals surface area contributed by atoms with E-state index in [4.69, 9.17) is 4.74 Å². The molecular weight excluding hydrogens is 195 g/mol. The van der Waals surface area contributed by atoms with Crippen LogP contribution in [0, 0.1) is 12.9 Å². The van der Waals surface area contributed by atoms with Crippen molar-refractivity contribution < 1.29 is 9.13 Å². The van der Waals surface area contributed by atoms with Gasteiger partial charge in [-0.1, -0.05) is 0 Å². The quantitative estimate of drug-likeness (QED) is 0.709. The summed E-state index contributed by atoms with van der Waals surface area (Å²) in [4.78, 5) is 5.85. The maximum absolute atomic E-state index is 12.9. The first-order valence-electron chi connectivity index (χ1n) is 5.12. The molecule has 15 heavy (non-hydrogen) atoms. The molecule has 1 aromatic heterocycles. The number of halogens is 1. The van der Waals surface area contributed by atoms with E-state index in [1.807, 2.05) is 0 Å². The number of hydrogen-bond donors (Lipinski definition) is 0. The minimum Gasteiger partial charge on any atom is -0.490 e. The first-order chi connectivity index (χ1) is 7.16. The third-order valence-corrected chi connectivity index (χ3v) is 2.87. The van der Waals surface area contributed by atoms with E-state index >= 15 is 0 Å². The standard InChI is InChI=1S/C11H15FN2O/c1-8-5-10(6-13-11(8)12)15-7-9-3-4-14(9)2/h5-6,9H,3-4,7H2,1-2H3/t9-/m0/s1. The Bertz CT molecular complexity index is 356. The molecule has 4 heteroatoms. The number of ether oxygens (including phenoxy) is 1. The van der Waals surface area contributed by atoms with E-state index in [-0.39, 0.29) is 0 Å². The highest BCUT2D eigenvalue weighted by molar-refractivity contribution is 5.23. The first kappa shape index (κ1) is 10.4. The molecule has 0 bridgehead atoms. The molecule has 82 valence electrons. The zero-order valence-electron chi connectivity index (χ0n) is 9.03. The van der Waals surface area contributed by atoms with Gasteiger partial charge in [0.2, 0.25) is 5.95 Å². The van der Waals surface area contributed by atoms with Crippen LogP contribution in [-0.4, -0.2) is 36.1 Å². The number of likely N-dealkylation sites (N-methyl/N-ethyl adjacent to an activating group) is 1. The SMILES string of the molecule is Cc1cc(OC[C@@H]2CCN2C)cnc1F. The van der Waals surface area contributed by atoms with Crippen molar-refractivity contribution in [1.29, 1.82) is 0 Å². The second-order valence-corrected chi connectivity index (χ2v) is 4.01. The average Bonchev–Trinajstić information content (AvgIpc) is 2.21. The van der Waals surface area contributed by atoms with Crippen LogP contribution in [0.1, 0.15) is 12.0 Å². The molecule has 0 radical (unpaired) electrons. The van der Waals surface area contributed by atoms with Crippen molar-refractivity contribution >= 4 is 0 Å². The molecule has 1 fully saturated rings. The van der Waals surface area contributed by atoms with Gasteiger partial charge in [-0.3, -0.25) is 4.90 Å². The summed E-state index contributed by atoms with van der Waals surface area (Å²) in [5.41, 5.74) is 0.523. The highest BCUT2D eigenvalue weighted by atomic mass is 19.1. The lowest BCUT2D eigenvalue weighted by molar-refractivity contribution is 0.0766. The van der Waals surface area contributed by atoms with Crippen molar-refractivity contribution in [2.24, 2.45) is 0 Å². The van der Waals surface area contributed by atoms with Gasteiger partial charge in [0.05, 0.1) is 6.20 Å². The molecule has 0 aromatic carbocycles. The lowest BCUT2D eigenvalue weighted by Gasteiger charge is -2.37. The number of aryl methyl sites for hydroxylation is 1. The van der Waals surface area contributed by atoms with Crippen LogP contribution < -0.4 is 4.74 Å². The van der Waals surface area contributed by atoms with Crippen molar-refractivity contribution in [3.63, 3.8) is 0 Å². The fourth-order valence-corrected chi connectivity index (χ4v) is 1.58. The molecule has 0 N–H and O–H groups in total. The zero-order chi connectivity index (χ0) is 10.8. The summed E-state index contributed by atoms with van der Waals surface area (Å²) in [6, 6.07) is 2.18. The number of aromatic nitrogens is 1. The van der Waals surface area contributed by atoms with E-state index in [9.17, 15) is 4.39 Å². The number of rotatable bonds is 3. The third-order valence-electron chi connectivity index (χ3n) is 2.87. The van der Waals surface area contributed by atoms with E-state index in [0.717, 1.165) is 6.54 Å². The second kappa shape index (κ2) is 4.14. The van der Waals surface area contributed by atoms with Crippen LogP contribution in [0.15, 0.2) is 12.3 Å². The Morgan fingerprint density at radius 2 is 2.47 bits per heavy atom. The molecule has 1 aliphatic heterocycles. The zero-order valence-corrected chi connectivity index (χ0v) is 9.03. The van der Waals surface area contributed by atoms with Crippen LogP contribution in [0.25, 0.3) is 0 Å². The number of pyridine rings is 1. The van der Waals surface area contributed by atoms with Crippen LogP contribution in [0.3, 0.4) is 0 Å². The normalized spacial score (nSPS) is 21.1. The average molecular weight is 210 g/mol. The summed E-state index contributed by atoms with van der Waals surface area (Å²) in [6.07, 6.45) is 2.60. The third kappa shape index (κ3) is 2.26. The second-order valence-electron chi connectivity index (χ2n) is 4.01. The highest BCUT2D eigenvalue weighted by Crippen LogP contribution is 2.18. The minimum absolute atomic E-state index is 0.428. The topological polar surface area (TPSA) is 25.4 Å².